The lowest BCUT2D eigenvalue weighted by Crippen LogP contribution is -2.51. The Kier molecular flexibility index (Phi) is 4.31. The summed E-state index contributed by atoms with van der Waals surface area (Å²) in [6.07, 6.45) is 7.68. The third-order valence-corrected chi connectivity index (χ3v) is 4.24. The Morgan fingerprint density at radius 3 is 2.81 bits per heavy atom. The maximum absolute atomic E-state index is 4.43. The van der Waals surface area contributed by atoms with Gasteiger partial charge in [-0.15, -0.1) is 0 Å². The van der Waals surface area contributed by atoms with E-state index in [0.717, 1.165) is 38.5 Å². The fraction of sp³-hybridized carbons (Fsp3) is 0.500. The molecule has 2 aromatic heterocycles. The van der Waals surface area contributed by atoms with Crippen molar-refractivity contribution in [3.8, 4) is 0 Å². The van der Waals surface area contributed by atoms with E-state index in [0.29, 0.717) is 6.04 Å². The van der Waals surface area contributed by atoms with Gasteiger partial charge in [0, 0.05) is 64.1 Å². The number of hydrogen-bond acceptors (Lipinski definition) is 4. The molecule has 3 rings (SSSR count). The summed E-state index contributed by atoms with van der Waals surface area (Å²) < 4.78 is 2.11. The number of aromatic nitrogens is 3. The van der Waals surface area contributed by atoms with Gasteiger partial charge in [-0.2, -0.15) is 0 Å². The summed E-state index contributed by atoms with van der Waals surface area (Å²) in [4.78, 5) is 13.7. The maximum Gasteiger partial charge on any atom is 0.122 e. The molecule has 2 aromatic rings. The highest BCUT2D eigenvalue weighted by Crippen LogP contribution is 2.15. The smallest absolute Gasteiger partial charge is 0.122 e. The lowest BCUT2D eigenvalue weighted by molar-refractivity contribution is 0.0707. The Morgan fingerprint density at radius 2 is 2.14 bits per heavy atom. The van der Waals surface area contributed by atoms with Gasteiger partial charge in [0.2, 0.25) is 0 Å². The van der Waals surface area contributed by atoms with E-state index in [4.69, 9.17) is 0 Å². The largest absolute Gasteiger partial charge is 0.337 e. The first-order chi connectivity index (χ1) is 10.2. The summed E-state index contributed by atoms with van der Waals surface area (Å²) in [5.41, 5.74) is 1.29. The van der Waals surface area contributed by atoms with E-state index in [9.17, 15) is 0 Å². The number of imidazole rings is 1. The SMILES string of the molecule is C[C@H]1CN(Cc2cccnc2)CCN1Cc1nccn1C. The average Bonchev–Trinajstić information content (AvgIpc) is 2.88. The minimum absolute atomic E-state index is 0.548. The van der Waals surface area contributed by atoms with E-state index in [2.05, 4.69) is 44.4 Å². The molecule has 0 spiro atoms. The standard InChI is InChI=1S/C16H23N5/c1-14-11-20(12-15-4-3-5-17-10-15)8-9-21(14)13-16-18-6-7-19(16)2/h3-7,10,14H,8-9,11-13H2,1-2H3/t14-/m0/s1. The second-order valence-electron chi connectivity index (χ2n) is 5.87. The highest BCUT2D eigenvalue weighted by Gasteiger charge is 2.24. The van der Waals surface area contributed by atoms with E-state index in [1.54, 1.807) is 0 Å². The van der Waals surface area contributed by atoms with Crippen molar-refractivity contribution in [1.82, 2.24) is 24.3 Å². The maximum atomic E-state index is 4.43. The first kappa shape index (κ1) is 14.2. The number of pyridine rings is 1. The van der Waals surface area contributed by atoms with Crippen molar-refractivity contribution in [1.29, 1.82) is 0 Å². The quantitative estimate of drug-likeness (QED) is 0.853. The summed E-state index contributed by atoms with van der Waals surface area (Å²) >= 11 is 0. The molecule has 1 atom stereocenters. The predicted molar refractivity (Wildman–Crippen MR) is 82.6 cm³/mol. The Bertz CT molecular complexity index is 565. The van der Waals surface area contributed by atoms with Gasteiger partial charge in [0.1, 0.15) is 5.82 Å². The van der Waals surface area contributed by atoms with Crippen LogP contribution in [0.2, 0.25) is 0 Å². The fourth-order valence-corrected chi connectivity index (χ4v) is 2.93. The number of rotatable bonds is 4. The van der Waals surface area contributed by atoms with Crippen molar-refractivity contribution in [3.05, 3.63) is 48.3 Å². The van der Waals surface area contributed by atoms with Gasteiger partial charge in [-0.25, -0.2) is 4.98 Å². The zero-order chi connectivity index (χ0) is 14.7. The van der Waals surface area contributed by atoms with E-state index < -0.39 is 0 Å². The molecule has 0 bridgehead atoms. The molecule has 1 aliphatic rings. The van der Waals surface area contributed by atoms with Gasteiger partial charge in [-0.05, 0) is 18.6 Å². The van der Waals surface area contributed by atoms with Gasteiger partial charge in [0.25, 0.3) is 0 Å². The van der Waals surface area contributed by atoms with Crippen molar-refractivity contribution in [3.63, 3.8) is 0 Å². The second-order valence-corrected chi connectivity index (χ2v) is 5.87. The van der Waals surface area contributed by atoms with Crippen LogP contribution in [0.25, 0.3) is 0 Å². The molecule has 0 amide bonds. The number of aryl methyl sites for hydroxylation is 1. The Morgan fingerprint density at radius 1 is 1.24 bits per heavy atom. The van der Waals surface area contributed by atoms with E-state index in [1.807, 2.05) is 30.9 Å². The topological polar surface area (TPSA) is 37.2 Å². The number of hydrogen-bond donors (Lipinski definition) is 0. The Balaban J connectivity index is 1.56. The van der Waals surface area contributed by atoms with E-state index in [-0.39, 0.29) is 0 Å². The zero-order valence-corrected chi connectivity index (χ0v) is 12.8. The highest BCUT2D eigenvalue weighted by atomic mass is 15.3. The molecule has 0 aromatic carbocycles. The van der Waals surface area contributed by atoms with Crippen molar-refractivity contribution in [2.24, 2.45) is 7.05 Å². The van der Waals surface area contributed by atoms with Crippen molar-refractivity contribution >= 4 is 0 Å². The highest BCUT2D eigenvalue weighted by molar-refractivity contribution is 5.08. The van der Waals surface area contributed by atoms with Crippen LogP contribution < -0.4 is 0 Å². The monoisotopic (exact) mass is 285 g/mol. The lowest BCUT2D eigenvalue weighted by atomic mass is 10.1. The second kappa shape index (κ2) is 6.37. The molecule has 0 saturated carbocycles. The van der Waals surface area contributed by atoms with Gasteiger partial charge < -0.3 is 4.57 Å². The minimum Gasteiger partial charge on any atom is -0.337 e. The number of nitrogens with zero attached hydrogens (tertiary/aromatic N) is 5. The predicted octanol–water partition coefficient (Wildman–Crippen LogP) is 1.52. The van der Waals surface area contributed by atoms with Gasteiger partial charge >= 0.3 is 0 Å². The first-order valence-corrected chi connectivity index (χ1v) is 7.54. The molecule has 0 N–H and O–H groups in total. The molecular weight excluding hydrogens is 262 g/mol. The minimum atomic E-state index is 0.548. The van der Waals surface area contributed by atoms with Gasteiger partial charge in [-0.3, -0.25) is 14.8 Å². The van der Waals surface area contributed by atoms with Crippen LogP contribution in [0.15, 0.2) is 36.9 Å². The molecule has 5 heteroatoms. The normalized spacial score (nSPS) is 20.8. The first-order valence-electron chi connectivity index (χ1n) is 7.54. The Labute approximate surface area is 126 Å². The Hall–Kier alpha value is -1.72. The molecule has 0 radical (unpaired) electrons. The van der Waals surface area contributed by atoms with E-state index in [1.165, 1.54) is 5.56 Å². The van der Waals surface area contributed by atoms with Crippen LogP contribution in [-0.4, -0.2) is 50.0 Å². The van der Waals surface area contributed by atoms with Gasteiger partial charge in [-0.1, -0.05) is 6.07 Å². The zero-order valence-electron chi connectivity index (χ0n) is 12.8. The molecule has 21 heavy (non-hydrogen) atoms. The molecule has 5 nitrogen and oxygen atoms in total. The molecule has 112 valence electrons. The van der Waals surface area contributed by atoms with Crippen LogP contribution >= 0.6 is 0 Å². The van der Waals surface area contributed by atoms with Crippen molar-refractivity contribution < 1.29 is 0 Å². The molecular formula is C16H23N5. The van der Waals surface area contributed by atoms with Crippen LogP contribution in [0.5, 0.6) is 0 Å². The molecule has 1 saturated heterocycles. The molecule has 3 heterocycles. The molecule has 1 aliphatic heterocycles. The van der Waals surface area contributed by atoms with E-state index >= 15 is 0 Å². The lowest BCUT2D eigenvalue weighted by Gasteiger charge is -2.39. The summed E-state index contributed by atoms with van der Waals surface area (Å²) in [7, 11) is 2.06. The van der Waals surface area contributed by atoms with Crippen molar-refractivity contribution in [2.75, 3.05) is 19.6 Å². The average molecular weight is 285 g/mol. The van der Waals surface area contributed by atoms with Crippen molar-refractivity contribution in [2.45, 2.75) is 26.1 Å². The third-order valence-electron chi connectivity index (χ3n) is 4.24. The van der Waals surface area contributed by atoms with Crippen LogP contribution in [-0.2, 0) is 20.1 Å². The summed E-state index contributed by atoms with van der Waals surface area (Å²) in [6.45, 7) is 7.52. The molecule has 0 unspecified atom stereocenters. The molecule has 1 fully saturated rings. The van der Waals surface area contributed by atoms with Gasteiger partial charge in [0.15, 0.2) is 0 Å². The summed E-state index contributed by atoms with van der Waals surface area (Å²) in [6, 6.07) is 4.71. The summed E-state index contributed by atoms with van der Waals surface area (Å²) in [5.74, 6) is 1.14. The van der Waals surface area contributed by atoms with Crippen LogP contribution in [0.1, 0.15) is 18.3 Å². The van der Waals surface area contributed by atoms with Crippen LogP contribution in [0.4, 0.5) is 0 Å². The number of piperazine rings is 1. The van der Waals surface area contributed by atoms with Crippen LogP contribution in [0.3, 0.4) is 0 Å². The third kappa shape index (κ3) is 3.49. The van der Waals surface area contributed by atoms with Crippen LogP contribution in [0, 0.1) is 0 Å². The fourth-order valence-electron chi connectivity index (χ4n) is 2.93. The van der Waals surface area contributed by atoms with Gasteiger partial charge in [0.05, 0.1) is 6.54 Å². The summed E-state index contributed by atoms with van der Waals surface area (Å²) in [5, 5.41) is 0. The molecule has 0 aliphatic carbocycles.